The van der Waals surface area contributed by atoms with E-state index in [0.717, 1.165) is 16.5 Å². The van der Waals surface area contributed by atoms with E-state index in [9.17, 15) is 18.0 Å². The van der Waals surface area contributed by atoms with Gasteiger partial charge >= 0.3 is 6.18 Å². The summed E-state index contributed by atoms with van der Waals surface area (Å²) in [5.74, 6) is 0.569. The number of carbonyl (C=O) groups excluding carboxylic acids is 1. The lowest BCUT2D eigenvalue weighted by molar-refractivity contribution is -0.141. The van der Waals surface area contributed by atoms with Crippen molar-refractivity contribution in [2.24, 2.45) is 0 Å². The Labute approximate surface area is 111 Å². The Bertz CT molecular complexity index is 438. The van der Waals surface area contributed by atoms with E-state index in [1.807, 2.05) is 0 Å². The second kappa shape index (κ2) is 5.96. The van der Waals surface area contributed by atoms with Crippen LogP contribution in [0.1, 0.15) is 16.3 Å². The van der Waals surface area contributed by atoms with Gasteiger partial charge in [0, 0.05) is 11.9 Å². The molecule has 19 heavy (non-hydrogen) atoms. The normalized spacial score (nSPS) is 13.6. The summed E-state index contributed by atoms with van der Waals surface area (Å²) < 4.78 is 43.6. The Balaban J connectivity index is 2.63. The van der Waals surface area contributed by atoms with Crippen molar-refractivity contribution in [3.8, 4) is 0 Å². The maximum absolute atomic E-state index is 12.4. The summed E-state index contributed by atoms with van der Waals surface area (Å²) in [7, 11) is -0.712. The molecule has 0 spiro atoms. The standard InChI is InChI=1S/C11H17F3N2O2S/c1-19(2,3)5-4-18-8-16-6-9(11(12,13)14)15-10(16)7-17/h6-7H,4-5,8H2,1-3H3. The Hall–Kier alpha value is -1.02. The minimum atomic E-state index is -4.56. The molecule has 0 radical (unpaired) electrons. The fourth-order valence-electron chi connectivity index (χ4n) is 1.24. The fourth-order valence-corrected chi connectivity index (χ4v) is 1.85. The first-order chi connectivity index (χ1) is 8.63. The van der Waals surface area contributed by atoms with Crippen molar-refractivity contribution in [3.63, 3.8) is 0 Å². The highest BCUT2D eigenvalue weighted by Crippen LogP contribution is 2.33. The number of hydrogen-bond acceptors (Lipinski definition) is 3. The Morgan fingerprint density at radius 1 is 1.42 bits per heavy atom. The number of nitrogens with zero attached hydrogens (tertiary/aromatic N) is 2. The third kappa shape index (κ3) is 5.23. The van der Waals surface area contributed by atoms with Gasteiger partial charge in [-0.05, 0) is 18.8 Å². The van der Waals surface area contributed by atoms with Crippen LogP contribution in [0.5, 0.6) is 0 Å². The number of imidazole rings is 1. The summed E-state index contributed by atoms with van der Waals surface area (Å²) >= 11 is 0. The van der Waals surface area contributed by atoms with E-state index in [-0.39, 0.29) is 18.8 Å². The van der Waals surface area contributed by atoms with Gasteiger partial charge in [0.15, 0.2) is 17.8 Å². The van der Waals surface area contributed by atoms with Crippen LogP contribution < -0.4 is 0 Å². The molecule has 4 nitrogen and oxygen atoms in total. The zero-order valence-electron chi connectivity index (χ0n) is 11.0. The largest absolute Gasteiger partial charge is 0.434 e. The lowest BCUT2D eigenvalue weighted by Crippen LogP contribution is -2.11. The number of ether oxygens (including phenoxy) is 1. The monoisotopic (exact) mass is 298 g/mol. The number of hydrogen-bond donors (Lipinski definition) is 0. The zero-order valence-corrected chi connectivity index (χ0v) is 11.8. The van der Waals surface area contributed by atoms with Crippen molar-refractivity contribution in [2.45, 2.75) is 12.9 Å². The number of carbonyl (C=O) groups is 1. The van der Waals surface area contributed by atoms with Crippen LogP contribution in [0.4, 0.5) is 13.2 Å². The van der Waals surface area contributed by atoms with Crippen molar-refractivity contribution in [3.05, 3.63) is 17.7 Å². The maximum Gasteiger partial charge on any atom is 0.434 e. The van der Waals surface area contributed by atoms with Crippen molar-refractivity contribution >= 4 is 16.3 Å². The minimum Gasteiger partial charge on any atom is -0.360 e. The van der Waals surface area contributed by atoms with E-state index in [1.165, 1.54) is 0 Å². The highest BCUT2D eigenvalue weighted by Gasteiger charge is 2.34. The van der Waals surface area contributed by atoms with Crippen molar-refractivity contribution in [1.82, 2.24) is 9.55 Å². The van der Waals surface area contributed by atoms with Gasteiger partial charge in [-0.3, -0.25) is 4.79 Å². The molecule has 0 amide bonds. The van der Waals surface area contributed by atoms with Gasteiger partial charge in [0.05, 0.1) is 6.61 Å². The Morgan fingerprint density at radius 3 is 2.53 bits per heavy atom. The molecule has 1 rings (SSSR count). The van der Waals surface area contributed by atoms with Gasteiger partial charge in [0.25, 0.3) is 0 Å². The highest BCUT2D eigenvalue weighted by molar-refractivity contribution is 8.32. The summed E-state index contributed by atoms with van der Waals surface area (Å²) in [6, 6.07) is 0. The summed E-state index contributed by atoms with van der Waals surface area (Å²) in [5, 5.41) is 0. The molecule has 1 aromatic heterocycles. The molecule has 1 aromatic rings. The molecular weight excluding hydrogens is 281 g/mol. The van der Waals surface area contributed by atoms with E-state index in [4.69, 9.17) is 4.74 Å². The van der Waals surface area contributed by atoms with E-state index in [0.29, 0.717) is 6.61 Å². The van der Waals surface area contributed by atoms with E-state index in [1.54, 1.807) is 0 Å². The topological polar surface area (TPSA) is 44.1 Å². The Morgan fingerprint density at radius 2 is 2.05 bits per heavy atom. The van der Waals surface area contributed by atoms with E-state index in [2.05, 4.69) is 23.8 Å². The molecule has 0 saturated carbocycles. The van der Waals surface area contributed by atoms with Crippen molar-refractivity contribution < 1.29 is 22.7 Å². The van der Waals surface area contributed by atoms with Gasteiger partial charge in [-0.1, -0.05) is 0 Å². The molecule has 0 aliphatic carbocycles. The SMILES string of the molecule is CS(C)(C)CCOCn1cc(C(F)(F)F)nc1C=O. The third-order valence-electron chi connectivity index (χ3n) is 2.27. The van der Waals surface area contributed by atoms with Crippen LogP contribution >= 0.6 is 10.0 Å². The minimum absolute atomic E-state index is 0.104. The third-order valence-corrected chi connectivity index (χ3v) is 3.67. The van der Waals surface area contributed by atoms with Crippen molar-refractivity contribution in [1.29, 1.82) is 0 Å². The molecular formula is C11H17F3N2O2S. The van der Waals surface area contributed by atoms with Crippen LogP contribution in [-0.2, 0) is 17.6 Å². The van der Waals surface area contributed by atoms with E-state index >= 15 is 0 Å². The maximum atomic E-state index is 12.4. The first-order valence-corrected chi connectivity index (χ1v) is 8.49. The molecule has 0 atom stereocenters. The molecule has 0 unspecified atom stereocenters. The fraction of sp³-hybridized carbons (Fsp3) is 0.636. The van der Waals surface area contributed by atoms with Gasteiger partial charge in [-0.15, -0.1) is 0 Å². The molecule has 0 fully saturated rings. The highest BCUT2D eigenvalue weighted by atomic mass is 32.3. The molecule has 0 aliphatic heterocycles. The van der Waals surface area contributed by atoms with Gasteiger partial charge in [-0.2, -0.15) is 13.2 Å². The number of halogens is 3. The number of rotatable bonds is 6. The number of aldehydes is 1. The second-order valence-electron chi connectivity index (χ2n) is 4.90. The molecule has 0 aliphatic rings. The molecule has 8 heteroatoms. The molecule has 0 aromatic carbocycles. The van der Waals surface area contributed by atoms with Crippen LogP contribution in [0.2, 0.25) is 0 Å². The first kappa shape index (κ1) is 16.0. The molecule has 1 heterocycles. The molecule has 110 valence electrons. The van der Waals surface area contributed by atoms with Gasteiger partial charge in [-0.25, -0.2) is 15.0 Å². The van der Waals surface area contributed by atoms with Gasteiger partial charge < -0.3 is 9.30 Å². The van der Waals surface area contributed by atoms with Gasteiger partial charge in [0.2, 0.25) is 0 Å². The van der Waals surface area contributed by atoms with Crippen LogP contribution in [0.3, 0.4) is 0 Å². The second-order valence-corrected chi connectivity index (χ2v) is 9.49. The predicted molar refractivity (Wildman–Crippen MR) is 68.8 cm³/mol. The predicted octanol–water partition coefficient (Wildman–Crippen LogP) is 2.38. The quantitative estimate of drug-likeness (QED) is 0.598. The van der Waals surface area contributed by atoms with Gasteiger partial charge in [0.1, 0.15) is 6.73 Å². The van der Waals surface area contributed by atoms with Crippen LogP contribution in [0.25, 0.3) is 0 Å². The number of aromatic nitrogens is 2. The van der Waals surface area contributed by atoms with Crippen molar-refractivity contribution in [2.75, 3.05) is 31.1 Å². The number of alkyl halides is 3. The molecule has 0 N–H and O–H groups in total. The van der Waals surface area contributed by atoms with Crippen LogP contribution in [0, 0.1) is 0 Å². The summed E-state index contributed by atoms with van der Waals surface area (Å²) in [4.78, 5) is 13.9. The van der Waals surface area contributed by atoms with Crippen LogP contribution in [-0.4, -0.2) is 47.0 Å². The average molecular weight is 298 g/mol. The average Bonchev–Trinajstić information content (AvgIpc) is 2.66. The summed E-state index contributed by atoms with van der Waals surface area (Å²) in [6.07, 6.45) is 2.87. The lowest BCUT2D eigenvalue weighted by Gasteiger charge is -2.24. The summed E-state index contributed by atoms with van der Waals surface area (Å²) in [5.41, 5.74) is -1.08. The lowest BCUT2D eigenvalue weighted by atomic mass is 10.5. The molecule has 0 bridgehead atoms. The smallest absolute Gasteiger partial charge is 0.360 e. The van der Waals surface area contributed by atoms with Crippen LogP contribution in [0.15, 0.2) is 6.20 Å². The summed E-state index contributed by atoms with van der Waals surface area (Å²) in [6.45, 7) is 0.337. The van der Waals surface area contributed by atoms with E-state index < -0.39 is 21.9 Å². The zero-order chi connectivity index (χ0) is 14.7. The first-order valence-electron chi connectivity index (χ1n) is 5.47. The Kier molecular flexibility index (Phi) is 5.03. The molecule has 0 saturated heterocycles.